The Kier molecular flexibility index (Phi) is 8.56. The van der Waals surface area contributed by atoms with Crippen molar-refractivity contribution in [3.05, 3.63) is 83.6 Å². The van der Waals surface area contributed by atoms with Gasteiger partial charge in [0.1, 0.15) is 5.60 Å². The first-order chi connectivity index (χ1) is 16.7. The van der Waals surface area contributed by atoms with Crippen molar-refractivity contribution in [1.82, 2.24) is 4.90 Å². The second kappa shape index (κ2) is 12.0. The largest absolute Gasteiger partial charge is 0.388 e. The number of aryl methyl sites for hydroxylation is 1. The Balaban J connectivity index is 1.19. The predicted octanol–water partition coefficient (Wildman–Crippen LogP) is 6.95. The number of benzene rings is 2. The first-order valence-corrected chi connectivity index (χ1v) is 13.0. The van der Waals surface area contributed by atoms with Gasteiger partial charge < -0.3 is 9.74 Å². The minimum atomic E-state index is -0.189. The molecule has 2 heterocycles. The summed E-state index contributed by atoms with van der Waals surface area (Å²) < 4.78 is 0. The first-order valence-electron chi connectivity index (χ1n) is 13.0. The number of piperidine rings is 1. The van der Waals surface area contributed by atoms with Gasteiger partial charge in [0, 0.05) is 50.2 Å². The molecule has 0 radical (unpaired) electrons. The molecule has 1 spiro atoms. The van der Waals surface area contributed by atoms with E-state index in [2.05, 4.69) is 41.2 Å². The molecule has 2 aliphatic rings. The molecule has 0 N–H and O–H groups in total. The van der Waals surface area contributed by atoms with E-state index < -0.39 is 0 Å². The molecule has 4 heteroatoms. The number of allylic oxidation sites excluding steroid dienone is 1. The standard InChI is InChI=1S/C30H38N2O2/c1-2-3-4-5-6-8-11-25-14-16-27(17-15-25)29(33)18-21-32-22-19-30(20-23-32)24-28(31-34-30)26-12-9-7-10-13-26/h7,9-10,12-18,21H,2-6,8,11,19-20,22-24H2,1H3. The van der Waals surface area contributed by atoms with E-state index in [1.54, 1.807) is 6.08 Å². The van der Waals surface area contributed by atoms with Crippen LogP contribution in [0.4, 0.5) is 0 Å². The zero-order valence-electron chi connectivity index (χ0n) is 20.5. The molecule has 0 atom stereocenters. The molecule has 0 aliphatic carbocycles. The van der Waals surface area contributed by atoms with E-state index in [1.807, 2.05) is 36.5 Å². The summed E-state index contributed by atoms with van der Waals surface area (Å²) >= 11 is 0. The topological polar surface area (TPSA) is 41.9 Å². The summed E-state index contributed by atoms with van der Waals surface area (Å²) in [7, 11) is 0. The molecule has 0 bridgehead atoms. The average molecular weight is 459 g/mol. The van der Waals surface area contributed by atoms with Crippen molar-refractivity contribution < 1.29 is 9.63 Å². The molecule has 1 fully saturated rings. The van der Waals surface area contributed by atoms with Crippen LogP contribution in [-0.4, -0.2) is 35.1 Å². The number of hydrogen-bond donors (Lipinski definition) is 0. The van der Waals surface area contributed by atoms with E-state index in [-0.39, 0.29) is 11.4 Å². The lowest BCUT2D eigenvalue weighted by Gasteiger charge is -2.36. The number of carbonyl (C=O) groups excluding carboxylic acids is 1. The van der Waals surface area contributed by atoms with Crippen LogP contribution in [0.5, 0.6) is 0 Å². The normalized spacial score (nSPS) is 17.2. The van der Waals surface area contributed by atoms with E-state index in [0.717, 1.165) is 55.6 Å². The van der Waals surface area contributed by atoms with E-state index in [1.165, 1.54) is 44.1 Å². The molecule has 2 aromatic rings. The summed E-state index contributed by atoms with van der Waals surface area (Å²) in [6.07, 6.45) is 15.3. The number of nitrogens with zero attached hydrogens (tertiary/aromatic N) is 2. The highest BCUT2D eigenvalue weighted by atomic mass is 16.7. The average Bonchev–Trinajstić information content (AvgIpc) is 3.30. The Morgan fingerprint density at radius 2 is 1.68 bits per heavy atom. The minimum absolute atomic E-state index is 0.0678. The molecule has 34 heavy (non-hydrogen) atoms. The Morgan fingerprint density at radius 1 is 0.971 bits per heavy atom. The minimum Gasteiger partial charge on any atom is -0.388 e. The van der Waals surface area contributed by atoms with Gasteiger partial charge in [-0.1, -0.05) is 98.8 Å². The van der Waals surface area contributed by atoms with Crippen LogP contribution in [0.25, 0.3) is 0 Å². The van der Waals surface area contributed by atoms with Gasteiger partial charge in [0.15, 0.2) is 5.78 Å². The lowest BCUT2D eigenvalue weighted by Crippen LogP contribution is -2.42. The van der Waals surface area contributed by atoms with E-state index in [0.29, 0.717) is 0 Å². The molecule has 0 aromatic heterocycles. The van der Waals surface area contributed by atoms with Crippen LogP contribution in [0.1, 0.15) is 86.2 Å². The van der Waals surface area contributed by atoms with Gasteiger partial charge in [-0.2, -0.15) is 0 Å². The summed E-state index contributed by atoms with van der Waals surface area (Å²) in [5, 5.41) is 4.39. The van der Waals surface area contributed by atoms with Crippen LogP contribution in [0.2, 0.25) is 0 Å². The van der Waals surface area contributed by atoms with Gasteiger partial charge in [-0.3, -0.25) is 4.79 Å². The van der Waals surface area contributed by atoms with Crippen molar-refractivity contribution in [2.45, 2.75) is 76.7 Å². The van der Waals surface area contributed by atoms with Gasteiger partial charge in [0.25, 0.3) is 0 Å². The number of carbonyl (C=O) groups is 1. The molecule has 0 unspecified atom stereocenters. The lowest BCUT2D eigenvalue weighted by molar-refractivity contribution is -0.0550. The predicted molar refractivity (Wildman–Crippen MR) is 139 cm³/mol. The summed E-state index contributed by atoms with van der Waals surface area (Å²) in [4.78, 5) is 20.8. The lowest BCUT2D eigenvalue weighted by atomic mass is 9.85. The van der Waals surface area contributed by atoms with Gasteiger partial charge in [0.2, 0.25) is 0 Å². The SMILES string of the molecule is CCCCCCCCc1ccc(C(=O)C=CN2CCC3(CC2)CC(c2ccccc2)=NO3)cc1. The van der Waals surface area contributed by atoms with Crippen LogP contribution in [0.15, 0.2) is 72.0 Å². The maximum atomic E-state index is 12.7. The number of ketones is 1. The zero-order chi connectivity index (χ0) is 23.6. The molecule has 2 aromatic carbocycles. The van der Waals surface area contributed by atoms with Crippen LogP contribution >= 0.6 is 0 Å². The third-order valence-electron chi connectivity index (χ3n) is 7.15. The summed E-state index contributed by atoms with van der Waals surface area (Å²) in [6.45, 7) is 4.00. The highest BCUT2D eigenvalue weighted by molar-refractivity contribution is 6.04. The molecule has 180 valence electrons. The molecular formula is C30H38N2O2. The first kappa shape index (κ1) is 24.3. The highest BCUT2D eigenvalue weighted by Gasteiger charge is 2.41. The third-order valence-corrected chi connectivity index (χ3v) is 7.15. The number of unbranched alkanes of at least 4 members (excludes halogenated alkanes) is 5. The Morgan fingerprint density at radius 3 is 2.41 bits per heavy atom. The van der Waals surface area contributed by atoms with Crippen LogP contribution in [-0.2, 0) is 11.3 Å². The van der Waals surface area contributed by atoms with Crippen molar-refractivity contribution >= 4 is 11.5 Å². The van der Waals surface area contributed by atoms with Gasteiger partial charge >= 0.3 is 0 Å². The monoisotopic (exact) mass is 458 g/mol. The van der Waals surface area contributed by atoms with Crippen LogP contribution in [0.3, 0.4) is 0 Å². The Bertz CT molecular complexity index is 971. The van der Waals surface area contributed by atoms with Crippen molar-refractivity contribution in [1.29, 1.82) is 0 Å². The quantitative estimate of drug-likeness (QED) is 0.208. The third kappa shape index (κ3) is 6.59. The molecule has 4 nitrogen and oxygen atoms in total. The van der Waals surface area contributed by atoms with E-state index in [4.69, 9.17) is 4.84 Å². The fourth-order valence-electron chi connectivity index (χ4n) is 4.87. The van der Waals surface area contributed by atoms with E-state index in [9.17, 15) is 4.79 Å². The molecule has 0 saturated carbocycles. The van der Waals surface area contributed by atoms with Crippen molar-refractivity contribution in [2.24, 2.45) is 5.16 Å². The number of hydrogen-bond acceptors (Lipinski definition) is 4. The van der Waals surface area contributed by atoms with Gasteiger partial charge in [-0.15, -0.1) is 0 Å². The van der Waals surface area contributed by atoms with Gasteiger partial charge in [-0.05, 0) is 24.0 Å². The smallest absolute Gasteiger partial charge is 0.187 e. The van der Waals surface area contributed by atoms with Crippen molar-refractivity contribution in [3.8, 4) is 0 Å². The summed E-state index contributed by atoms with van der Waals surface area (Å²) in [5.74, 6) is 0.0678. The maximum absolute atomic E-state index is 12.7. The summed E-state index contributed by atoms with van der Waals surface area (Å²) in [6, 6.07) is 18.4. The van der Waals surface area contributed by atoms with Gasteiger partial charge in [0.05, 0.1) is 5.71 Å². The second-order valence-corrected chi connectivity index (χ2v) is 9.79. The summed E-state index contributed by atoms with van der Waals surface area (Å²) in [5.41, 5.74) is 4.08. The molecule has 1 saturated heterocycles. The van der Waals surface area contributed by atoms with Gasteiger partial charge in [-0.25, -0.2) is 0 Å². The fraction of sp³-hybridized carbons (Fsp3) is 0.467. The number of oxime groups is 1. The van der Waals surface area contributed by atoms with Crippen molar-refractivity contribution in [3.63, 3.8) is 0 Å². The Hall–Kier alpha value is -2.88. The molecule has 0 amide bonds. The zero-order valence-corrected chi connectivity index (χ0v) is 20.5. The molecular weight excluding hydrogens is 420 g/mol. The molecule has 4 rings (SSSR count). The Labute approximate surface area is 204 Å². The van der Waals surface area contributed by atoms with Crippen LogP contribution < -0.4 is 0 Å². The molecule has 2 aliphatic heterocycles. The van der Waals surface area contributed by atoms with Crippen LogP contribution in [0, 0.1) is 0 Å². The highest BCUT2D eigenvalue weighted by Crippen LogP contribution is 2.36. The second-order valence-electron chi connectivity index (χ2n) is 9.79. The maximum Gasteiger partial charge on any atom is 0.187 e. The van der Waals surface area contributed by atoms with Crippen molar-refractivity contribution in [2.75, 3.05) is 13.1 Å². The number of likely N-dealkylation sites (tertiary alicyclic amines) is 1. The fourth-order valence-corrected chi connectivity index (χ4v) is 4.87. The number of rotatable bonds is 11. The van der Waals surface area contributed by atoms with E-state index >= 15 is 0 Å².